The minimum Gasteiger partial charge on any atom is -0.343 e. The van der Waals surface area contributed by atoms with Crippen molar-refractivity contribution in [2.45, 2.75) is 19.8 Å². The number of hydrogen-bond acceptors (Lipinski definition) is 6. The molecule has 0 radical (unpaired) electrons. The van der Waals surface area contributed by atoms with E-state index in [4.69, 9.17) is 58.0 Å². The Labute approximate surface area is 390 Å². The van der Waals surface area contributed by atoms with Gasteiger partial charge in [0, 0.05) is 10.0 Å². The predicted molar refractivity (Wildman–Crippen MR) is 246 cm³/mol. The summed E-state index contributed by atoms with van der Waals surface area (Å²) in [5.74, 6) is 0.458. The third kappa shape index (κ3) is 15.4. The standard InChI is InChI=1S/C21H13Cl2N3.C18H13Br.C4H9.C3Cl3N3.Li/c22-20-24-19(25-21(23)26-20)16-11-9-15(10-12-16)18-8-4-7-17(13-18)14-5-2-1-3-6-14;19-18-11-9-15(10-12-18)17-8-4-7-16(13-17)14-5-2-1-3-6-14;1-3-4-2;4-1-7-2(5)9-3(6)8-1;/h1-13H;1-13H;1,3-4H2,2H3;;/q;;-1;;+1. The normalized spacial score (nSPS) is 10.0. The number of hydrogen-bond donors (Lipinski definition) is 0. The third-order valence-corrected chi connectivity index (χ3v) is 9.46. The van der Waals surface area contributed by atoms with Crippen molar-refractivity contribution >= 4 is 73.9 Å². The Balaban J connectivity index is 0.000000203. The van der Waals surface area contributed by atoms with Crippen LogP contribution in [0.25, 0.3) is 55.9 Å². The molecule has 2 aromatic heterocycles. The van der Waals surface area contributed by atoms with Crippen molar-refractivity contribution in [1.82, 2.24) is 29.9 Å². The SMILES string of the molecule is Brc1ccc(-c2cccc(-c3ccccc3)c2)cc1.Clc1nc(Cl)nc(-c2ccc(-c3cccc(-c4ccccc4)c3)cc2)n1.Clc1nc(Cl)nc(Cl)n1.[CH2-]CCC.[Li+]. The number of benzene rings is 6. The van der Waals surface area contributed by atoms with Gasteiger partial charge in [-0.1, -0.05) is 163 Å². The second-order valence-electron chi connectivity index (χ2n) is 12.2. The van der Waals surface area contributed by atoms with E-state index in [-0.39, 0.29) is 45.3 Å². The summed E-state index contributed by atoms with van der Waals surface area (Å²) in [6.07, 6.45) is 2.28. The first-order chi connectivity index (χ1) is 28.1. The first kappa shape index (κ1) is 47.5. The maximum absolute atomic E-state index is 5.86. The van der Waals surface area contributed by atoms with Crippen molar-refractivity contribution in [3.63, 3.8) is 0 Å². The molecule has 0 spiro atoms. The largest absolute Gasteiger partial charge is 1.00 e. The molecule has 8 rings (SSSR count). The van der Waals surface area contributed by atoms with Gasteiger partial charge in [0.2, 0.25) is 26.4 Å². The topological polar surface area (TPSA) is 77.3 Å². The maximum atomic E-state index is 5.86. The molecule has 0 fully saturated rings. The molecular weight excluding hydrogens is 901 g/mol. The Morgan fingerprint density at radius 1 is 0.390 bits per heavy atom. The van der Waals surface area contributed by atoms with Gasteiger partial charge in [-0.2, -0.15) is 36.3 Å². The molecule has 0 unspecified atom stereocenters. The molecule has 6 nitrogen and oxygen atoms in total. The van der Waals surface area contributed by atoms with Crippen molar-refractivity contribution in [2.75, 3.05) is 0 Å². The Hall–Kier alpha value is -4.13. The molecule has 6 aromatic carbocycles. The van der Waals surface area contributed by atoms with Crippen molar-refractivity contribution < 1.29 is 18.9 Å². The van der Waals surface area contributed by atoms with Gasteiger partial charge in [0.05, 0.1) is 0 Å². The second kappa shape index (κ2) is 24.8. The van der Waals surface area contributed by atoms with Gasteiger partial charge in [-0.25, -0.2) is 0 Å². The van der Waals surface area contributed by atoms with Crippen LogP contribution in [0.4, 0.5) is 0 Å². The van der Waals surface area contributed by atoms with Gasteiger partial charge in [0.15, 0.2) is 5.82 Å². The van der Waals surface area contributed by atoms with Crippen molar-refractivity contribution in [3.8, 4) is 55.9 Å². The molecule has 0 aliphatic heterocycles. The van der Waals surface area contributed by atoms with E-state index in [0.717, 1.165) is 27.6 Å². The van der Waals surface area contributed by atoms with Crippen molar-refractivity contribution in [3.05, 3.63) is 196 Å². The van der Waals surface area contributed by atoms with Gasteiger partial charge in [-0.15, -0.1) is 0 Å². The molecule has 292 valence electrons. The van der Waals surface area contributed by atoms with Gasteiger partial charge in [0.25, 0.3) is 0 Å². The molecule has 0 bridgehead atoms. The van der Waals surface area contributed by atoms with E-state index in [1.807, 2.05) is 48.5 Å². The van der Waals surface area contributed by atoms with Crippen LogP contribution in [0.15, 0.2) is 162 Å². The van der Waals surface area contributed by atoms with E-state index < -0.39 is 0 Å². The van der Waals surface area contributed by atoms with Crippen LogP contribution < -0.4 is 18.9 Å². The minimum atomic E-state index is 0. The number of rotatable bonds is 6. The summed E-state index contributed by atoms with van der Waals surface area (Å²) in [5.41, 5.74) is 10.4. The van der Waals surface area contributed by atoms with Crippen LogP contribution in [0, 0.1) is 6.92 Å². The van der Waals surface area contributed by atoms with E-state index >= 15 is 0 Å². The summed E-state index contributed by atoms with van der Waals surface area (Å²) in [4.78, 5) is 22.4. The van der Waals surface area contributed by atoms with Crippen LogP contribution in [-0.2, 0) is 0 Å². The smallest absolute Gasteiger partial charge is 0.343 e. The van der Waals surface area contributed by atoms with Gasteiger partial charge in [0.1, 0.15) is 0 Å². The number of nitrogens with zero attached hydrogens (tertiary/aromatic N) is 6. The van der Waals surface area contributed by atoms with E-state index in [0.29, 0.717) is 5.82 Å². The van der Waals surface area contributed by atoms with Crippen LogP contribution in [0.5, 0.6) is 0 Å². The first-order valence-corrected chi connectivity index (χ1v) is 20.6. The summed E-state index contributed by atoms with van der Waals surface area (Å²) < 4.78 is 1.11. The number of halogens is 6. The molecule has 0 N–H and O–H groups in total. The zero-order valence-electron chi connectivity index (χ0n) is 32.1. The monoisotopic (exact) mass is 932 g/mol. The Morgan fingerprint density at radius 2 is 0.661 bits per heavy atom. The molecule has 0 aliphatic carbocycles. The molecule has 0 saturated carbocycles. The molecule has 59 heavy (non-hydrogen) atoms. The fourth-order valence-electron chi connectivity index (χ4n) is 5.23. The molecular formula is C46H35BrCl5LiN6. The average Bonchev–Trinajstić information content (AvgIpc) is 3.24. The molecule has 0 amide bonds. The summed E-state index contributed by atoms with van der Waals surface area (Å²) in [6.45, 7) is 5.72. The molecule has 0 atom stereocenters. The Morgan fingerprint density at radius 3 is 1.00 bits per heavy atom. The van der Waals surface area contributed by atoms with E-state index in [2.05, 4.69) is 169 Å². The van der Waals surface area contributed by atoms with Crippen molar-refractivity contribution in [2.24, 2.45) is 0 Å². The predicted octanol–water partition coefficient (Wildman–Crippen LogP) is 12.4. The van der Waals surface area contributed by atoms with Gasteiger partial charge in [-0.05, 0) is 127 Å². The van der Waals surface area contributed by atoms with Crippen molar-refractivity contribution in [1.29, 1.82) is 0 Å². The van der Waals surface area contributed by atoms with Crippen LogP contribution in [0.3, 0.4) is 0 Å². The number of aromatic nitrogens is 6. The van der Waals surface area contributed by atoms with Crippen LogP contribution in [-0.4, -0.2) is 29.9 Å². The minimum absolute atomic E-state index is 0. The third-order valence-electron chi connectivity index (χ3n) is 8.08. The zero-order valence-corrected chi connectivity index (χ0v) is 37.4. The Bertz CT molecular complexity index is 2430. The summed E-state index contributed by atoms with van der Waals surface area (Å²) in [5, 5.41) is 0.166. The van der Waals surface area contributed by atoms with E-state index in [9.17, 15) is 0 Å². The summed E-state index contributed by atoms with van der Waals surface area (Å²) in [6, 6.07) is 54.3. The molecule has 8 aromatic rings. The summed E-state index contributed by atoms with van der Waals surface area (Å²) in [7, 11) is 0. The maximum Gasteiger partial charge on any atom is 1.00 e. The first-order valence-electron chi connectivity index (χ1n) is 17.9. The van der Waals surface area contributed by atoms with Crippen LogP contribution in [0.1, 0.15) is 19.8 Å². The van der Waals surface area contributed by atoms with E-state index in [1.54, 1.807) is 0 Å². The van der Waals surface area contributed by atoms with E-state index in [1.165, 1.54) is 39.8 Å². The molecule has 0 saturated heterocycles. The summed E-state index contributed by atoms with van der Waals surface area (Å²) >= 11 is 31.1. The quantitative estimate of drug-likeness (QED) is 0.122. The van der Waals surface area contributed by atoms with Crippen LogP contribution >= 0.6 is 73.9 Å². The fourth-order valence-corrected chi connectivity index (χ4v) is 6.47. The molecule has 0 aliphatic rings. The number of unbranched alkanes of at least 4 members (excludes halogenated alkanes) is 1. The molecule has 13 heteroatoms. The van der Waals surface area contributed by atoms with Gasteiger partial charge in [-0.3, -0.25) is 0 Å². The Kier molecular flexibility index (Phi) is 20.0. The van der Waals surface area contributed by atoms with Gasteiger partial charge < -0.3 is 6.92 Å². The average molecular weight is 936 g/mol. The van der Waals surface area contributed by atoms with Crippen LogP contribution in [0.2, 0.25) is 26.4 Å². The zero-order chi connectivity index (χ0) is 41.3. The molecule has 2 heterocycles. The fraction of sp³-hybridized carbons (Fsp3) is 0.0652. The second-order valence-corrected chi connectivity index (χ2v) is 14.8. The van der Waals surface area contributed by atoms with Gasteiger partial charge >= 0.3 is 18.9 Å².